The molecule has 1 unspecified atom stereocenters. The van der Waals surface area contributed by atoms with Gasteiger partial charge in [-0.1, -0.05) is 24.3 Å². The van der Waals surface area contributed by atoms with Gasteiger partial charge in [0.05, 0.1) is 6.04 Å². The van der Waals surface area contributed by atoms with Crippen LogP contribution in [0.25, 0.3) is 0 Å². The summed E-state index contributed by atoms with van der Waals surface area (Å²) in [7, 11) is 1.91. The van der Waals surface area contributed by atoms with E-state index in [0.29, 0.717) is 13.0 Å². The van der Waals surface area contributed by atoms with Gasteiger partial charge in [0.15, 0.2) is 0 Å². The topological polar surface area (TPSA) is 46.3 Å². The summed E-state index contributed by atoms with van der Waals surface area (Å²) in [6, 6.07) is 8.68. The first kappa shape index (κ1) is 12.1. The summed E-state index contributed by atoms with van der Waals surface area (Å²) in [5.41, 5.74) is 8.14. The molecule has 0 heterocycles. The number of carbonyl (C=O) groups excluding carboxylic acids is 1. The fraction of sp³-hybridized carbons (Fsp3) is 0.500. The number of rotatable bonds is 4. The van der Waals surface area contributed by atoms with Crippen molar-refractivity contribution in [2.45, 2.75) is 31.7 Å². The third-order valence-electron chi connectivity index (χ3n) is 3.56. The SMILES string of the molecule is CN(C(=O)CCCN)C1CCc2ccccc21. The zero-order chi connectivity index (χ0) is 12.3. The number of hydrogen-bond donors (Lipinski definition) is 1. The maximum atomic E-state index is 12.0. The van der Waals surface area contributed by atoms with E-state index in [1.807, 2.05) is 11.9 Å². The quantitative estimate of drug-likeness (QED) is 0.861. The molecular formula is C14H20N2O. The van der Waals surface area contributed by atoms with E-state index in [-0.39, 0.29) is 11.9 Å². The van der Waals surface area contributed by atoms with Crippen molar-refractivity contribution in [3.05, 3.63) is 35.4 Å². The molecule has 17 heavy (non-hydrogen) atoms. The third kappa shape index (κ3) is 2.50. The lowest BCUT2D eigenvalue weighted by atomic mass is 10.1. The van der Waals surface area contributed by atoms with Crippen LogP contribution in [0.15, 0.2) is 24.3 Å². The first-order valence-corrected chi connectivity index (χ1v) is 6.27. The van der Waals surface area contributed by atoms with Crippen molar-refractivity contribution in [2.75, 3.05) is 13.6 Å². The van der Waals surface area contributed by atoms with Gasteiger partial charge in [-0.3, -0.25) is 4.79 Å². The number of amides is 1. The number of nitrogens with two attached hydrogens (primary N) is 1. The highest BCUT2D eigenvalue weighted by molar-refractivity contribution is 5.76. The zero-order valence-corrected chi connectivity index (χ0v) is 10.4. The predicted molar refractivity (Wildman–Crippen MR) is 68.6 cm³/mol. The second-order valence-electron chi connectivity index (χ2n) is 4.65. The van der Waals surface area contributed by atoms with Crippen LogP contribution in [-0.4, -0.2) is 24.4 Å². The highest BCUT2D eigenvalue weighted by atomic mass is 16.2. The molecule has 2 rings (SSSR count). The summed E-state index contributed by atoms with van der Waals surface area (Å²) in [5.74, 6) is 0.206. The number of fused-ring (bicyclic) bond motifs is 1. The minimum absolute atomic E-state index is 0.206. The summed E-state index contributed by atoms with van der Waals surface area (Å²) in [4.78, 5) is 13.9. The van der Waals surface area contributed by atoms with Crippen molar-refractivity contribution in [2.24, 2.45) is 5.73 Å². The van der Waals surface area contributed by atoms with Crippen molar-refractivity contribution in [3.63, 3.8) is 0 Å². The molecule has 1 atom stereocenters. The van der Waals surface area contributed by atoms with Crippen molar-refractivity contribution < 1.29 is 4.79 Å². The van der Waals surface area contributed by atoms with Gasteiger partial charge in [0, 0.05) is 13.5 Å². The van der Waals surface area contributed by atoms with Gasteiger partial charge in [0.1, 0.15) is 0 Å². The molecule has 0 aliphatic heterocycles. The summed E-state index contributed by atoms with van der Waals surface area (Å²) >= 11 is 0. The molecule has 1 amide bonds. The van der Waals surface area contributed by atoms with Crippen LogP contribution in [0.5, 0.6) is 0 Å². The minimum Gasteiger partial charge on any atom is -0.339 e. The van der Waals surface area contributed by atoms with Crippen molar-refractivity contribution in [3.8, 4) is 0 Å². The van der Waals surface area contributed by atoms with Crippen LogP contribution in [-0.2, 0) is 11.2 Å². The second-order valence-corrected chi connectivity index (χ2v) is 4.65. The molecule has 1 aromatic rings. The Morgan fingerprint density at radius 3 is 3.00 bits per heavy atom. The Balaban J connectivity index is 2.07. The average Bonchev–Trinajstić information content (AvgIpc) is 2.78. The molecular weight excluding hydrogens is 212 g/mol. The van der Waals surface area contributed by atoms with E-state index in [1.54, 1.807) is 0 Å². The van der Waals surface area contributed by atoms with Crippen LogP contribution >= 0.6 is 0 Å². The Morgan fingerprint density at radius 2 is 2.24 bits per heavy atom. The van der Waals surface area contributed by atoms with E-state index in [1.165, 1.54) is 11.1 Å². The Labute approximate surface area is 103 Å². The molecule has 0 saturated carbocycles. The molecule has 3 nitrogen and oxygen atoms in total. The molecule has 92 valence electrons. The van der Waals surface area contributed by atoms with E-state index in [4.69, 9.17) is 5.73 Å². The lowest BCUT2D eigenvalue weighted by molar-refractivity contribution is -0.132. The largest absolute Gasteiger partial charge is 0.339 e. The third-order valence-corrected chi connectivity index (χ3v) is 3.56. The Kier molecular flexibility index (Phi) is 3.79. The highest BCUT2D eigenvalue weighted by Gasteiger charge is 2.27. The molecule has 2 N–H and O–H groups in total. The van der Waals surface area contributed by atoms with Gasteiger partial charge in [-0.15, -0.1) is 0 Å². The molecule has 3 heteroatoms. The molecule has 1 aliphatic carbocycles. The van der Waals surface area contributed by atoms with Crippen LogP contribution in [0, 0.1) is 0 Å². The highest BCUT2D eigenvalue weighted by Crippen LogP contribution is 2.34. The molecule has 0 bridgehead atoms. The fourth-order valence-electron chi connectivity index (χ4n) is 2.54. The van der Waals surface area contributed by atoms with Crippen molar-refractivity contribution in [1.82, 2.24) is 4.90 Å². The number of aryl methyl sites for hydroxylation is 1. The maximum Gasteiger partial charge on any atom is 0.222 e. The Hall–Kier alpha value is -1.35. The molecule has 0 radical (unpaired) electrons. The molecule has 0 aromatic heterocycles. The molecule has 1 aromatic carbocycles. The zero-order valence-electron chi connectivity index (χ0n) is 10.4. The number of nitrogens with zero attached hydrogens (tertiary/aromatic N) is 1. The lowest BCUT2D eigenvalue weighted by Gasteiger charge is -2.25. The molecule has 1 aliphatic rings. The van der Waals surface area contributed by atoms with E-state index in [0.717, 1.165) is 19.3 Å². The smallest absolute Gasteiger partial charge is 0.222 e. The molecule has 0 spiro atoms. The summed E-state index contributed by atoms with van der Waals surface area (Å²) in [6.07, 6.45) is 3.46. The van der Waals surface area contributed by atoms with Gasteiger partial charge in [-0.05, 0) is 36.9 Å². The van der Waals surface area contributed by atoms with Crippen molar-refractivity contribution in [1.29, 1.82) is 0 Å². The first-order chi connectivity index (χ1) is 8.24. The van der Waals surface area contributed by atoms with Gasteiger partial charge in [-0.2, -0.15) is 0 Å². The monoisotopic (exact) mass is 232 g/mol. The minimum atomic E-state index is 0.206. The van der Waals surface area contributed by atoms with Crippen LogP contribution in [0.2, 0.25) is 0 Å². The van der Waals surface area contributed by atoms with Crippen LogP contribution in [0.3, 0.4) is 0 Å². The van der Waals surface area contributed by atoms with Gasteiger partial charge in [-0.25, -0.2) is 0 Å². The predicted octanol–water partition coefficient (Wildman–Crippen LogP) is 1.87. The van der Waals surface area contributed by atoms with Crippen LogP contribution in [0.1, 0.15) is 36.4 Å². The normalized spacial score (nSPS) is 17.9. The average molecular weight is 232 g/mol. The van der Waals surface area contributed by atoms with E-state index in [9.17, 15) is 4.79 Å². The molecule has 0 fully saturated rings. The van der Waals surface area contributed by atoms with E-state index >= 15 is 0 Å². The second kappa shape index (κ2) is 5.32. The summed E-state index contributed by atoms with van der Waals surface area (Å²) in [6.45, 7) is 0.584. The Morgan fingerprint density at radius 1 is 1.47 bits per heavy atom. The molecule has 0 saturated heterocycles. The van der Waals surface area contributed by atoms with Gasteiger partial charge in [0.2, 0.25) is 5.91 Å². The van der Waals surface area contributed by atoms with Crippen LogP contribution in [0.4, 0.5) is 0 Å². The summed E-state index contributed by atoms with van der Waals surface area (Å²) < 4.78 is 0. The van der Waals surface area contributed by atoms with E-state index < -0.39 is 0 Å². The maximum absolute atomic E-state index is 12.0. The Bertz CT molecular complexity index is 403. The standard InChI is InChI=1S/C14H20N2O/c1-16(14(17)7-4-10-15)13-9-8-11-5-2-3-6-12(11)13/h2-3,5-6,13H,4,7-10,15H2,1H3. The van der Waals surface area contributed by atoms with Crippen LogP contribution < -0.4 is 5.73 Å². The number of hydrogen-bond acceptors (Lipinski definition) is 2. The van der Waals surface area contributed by atoms with E-state index in [2.05, 4.69) is 24.3 Å². The van der Waals surface area contributed by atoms with Gasteiger partial charge in [0.25, 0.3) is 0 Å². The van der Waals surface area contributed by atoms with Gasteiger partial charge >= 0.3 is 0 Å². The van der Waals surface area contributed by atoms with Gasteiger partial charge < -0.3 is 10.6 Å². The van der Waals surface area contributed by atoms with Crippen molar-refractivity contribution >= 4 is 5.91 Å². The summed E-state index contributed by atoms with van der Waals surface area (Å²) in [5, 5.41) is 0. The first-order valence-electron chi connectivity index (χ1n) is 6.27. The lowest BCUT2D eigenvalue weighted by Crippen LogP contribution is -2.30. The number of benzene rings is 1. The number of carbonyl (C=O) groups is 1. The fourth-order valence-corrected chi connectivity index (χ4v) is 2.54.